The first-order chi connectivity index (χ1) is 12.2. The Morgan fingerprint density at radius 1 is 1.16 bits per heavy atom. The highest BCUT2D eigenvalue weighted by Gasteiger charge is 2.11. The van der Waals surface area contributed by atoms with Crippen molar-refractivity contribution in [3.8, 4) is 16.9 Å². The molecule has 0 aliphatic carbocycles. The Bertz CT molecular complexity index is 856. The molecule has 3 rings (SSSR count). The van der Waals surface area contributed by atoms with E-state index in [1.165, 1.54) is 6.20 Å². The summed E-state index contributed by atoms with van der Waals surface area (Å²) >= 11 is 0. The number of methoxy groups -OCH3 is 1. The van der Waals surface area contributed by atoms with E-state index in [-0.39, 0.29) is 5.91 Å². The maximum atomic E-state index is 12.2. The molecule has 0 unspecified atom stereocenters. The second kappa shape index (κ2) is 7.61. The average molecular weight is 336 g/mol. The van der Waals surface area contributed by atoms with Crippen molar-refractivity contribution in [1.29, 1.82) is 0 Å². The minimum Gasteiger partial charge on any atom is -0.497 e. The molecule has 25 heavy (non-hydrogen) atoms. The van der Waals surface area contributed by atoms with E-state index in [9.17, 15) is 4.79 Å². The van der Waals surface area contributed by atoms with Gasteiger partial charge >= 0.3 is 0 Å². The molecule has 0 aliphatic rings. The quantitative estimate of drug-likeness (QED) is 0.751. The minimum absolute atomic E-state index is 0.177. The van der Waals surface area contributed by atoms with E-state index in [0.717, 1.165) is 22.4 Å². The molecule has 0 fully saturated rings. The normalized spacial score (nSPS) is 10.5. The van der Waals surface area contributed by atoms with Crippen LogP contribution in [0.3, 0.4) is 0 Å². The third kappa shape index (κ3) is 3.85. The SMILES string of the molecule is CCn1nncc1C(=O)NCc1ccc(-c2cccc(OC)c2)cc1. The van der Waals surface area contributed by atoms with Gasteiger partial charge in [0.05, 0.1) is 13.3 Å². The third-order valence-corrected chi connectivity index (χ3v) is 3.96. The van der Waals surface area contributed by atoms with Crippen molar-refractivity contribution < 1.29 is 9.53 Å². The monoisotopic (exact) mass is 336 g/mol. The molecule has 0 atom stereocenters. The molecular formula is C19H20N4O2. The van der Waals surface area contributed by atoms with Gasteiger partial charge < -0.3 is 10.1 Å². The largest absolute Gasteiger partial charge is 0.497 e. The molecule has 128 valence electrons. The summed E-state index contributed by atoms with van der Waals surface area (Å²) in [6.45, 7) is 2.98. The number of carbonyl (C=O) groups is 1. The van der Waals surface area contributed by atoms with Gasteiger partial charge in [0.1, 0.15) is 11.4 Å². The van der Waals surface area contributed by atoms with Crippen molar-refractivity contribution >= 4 is 5.91 Å². The maximum Gasteiger partial charge on any atom is 0.271 e. The molecule has 0 aliphatic heterocycles. The second-order valence-corrected chi connectivity index (χ2v) is 5.55. The number of hydrogen-bond acceptors (Lipinski definition) is 4. The standard InChI is InChI=1S/C19H20N4O2/c1-3-23-18(13-21-22-23)19(24)20-12-14-7-9-15(10-8-14)16-5-4-6-17(11-16)25-2/h4-11,13H,3,12H2,1-2H3,(H,20,24). The lowest BCUT2D eigenvalue weighted by Crippen LogP contribution is -2.25. The number of benzene rings is 2. The molecule has 0 saturated carbocycles. The summed E-state index contributed by atoms with van der Waals surface area (Å²) in [5.41, 5.74) is 3.68. The summed E-state index contributed by atoms with van der Waals surface area (Å²) in [7, 11) is 1.66. The molecular weight excluding hydrogens is 316 g/mol. The Morgan fingerprint density at radius 2 is 1.96 bits per heavy atom. The van der Waals surface area contributed by atoms with E-state index >= 15 is 0 Å². The first-order valence-electron chi connectivity index (χ1n) is 8.11. The number of carbonyl (C=O) groups excluding carboxylic acids is 1. The zero-order valence-electron chi connectivity index (χ0n) is 14.3. The van der Waals surface area contributed by atoms with Crippen LogP contribution in [0, 0.1) is 0 Å². The predicted octanol–water partition coefficient (Wildman–Crippen LogP) is 2.90. The maximum absolute atomic E-state index is 12.2. The number of aromatic nitrogens is 3. The fourth-order valence-corrected chi connectivity index (χ4v) is 2.56. The third-order valence-electron chi connectivity index (χ3n) is 3.96. The lowest BCUT2D eigenvalue weighted by Gasteiger charge is -2.08. The first-order valence-corrected chi connectivity index (χ1v) is 8.11. The van der Waals surface area contributed by atoms with Crippen LogP contribution in [0.15, 0.2) is 54.7 Å². The van der Waals surface area contributed by atoms with Gasteiger partial charge in [-0.15, -0.1) is 5.10 Å². The van der Waals surface area contributed by atoms with Crippen LogP contribution in [0.5, 0.6) is 5.75 Å². The lowest BCUT2D eigenvalue weighted by molar-refractivity contribution is 0.0940. The summed E-state index contributed by atoms with van der Waals surface area (Å²) in [5.74, 6) is 0.652. The van der Waals surface area contributed by atoms with Crippen LogP contribution < -0.4 is 10.1 Å². The van der Waals surface area contributed by atoms with Crippen molar-refractivity contribution in [2.24, 2.45) is 0 Å². The smallest absolute Gasteiger partial charge is 0.271 e. The van der Waals surface area contributed by atoms with Crippen molar-refractivity contribution in [2.45, 2.75) is 20.0 Å². The molecule has 0 saturated heterocycles. The Morgan fingerprint density at radius 3 is 2.68 bits per heavy atom. The predicted molar refractivity (Wildman–Crippen MR) is 95.3 cm³/mol. The van der Waals surface area contributed by atoms with Gasteiger partial charge in [-0.2, -0.15) is 0 Å². The number of nitrogens with zero attached hydrogens (tertiary/aromatic N) is 3. The second-order valence-electron chi connectivity index (χ2n) is 5.55. The number of ether oxygens (including phenoxy) is 1. The molecule has 0 bridgehead atoms. The van der Waals surface area contributed by atoms with E-state index in [1.54, 1.807) is 11.8 Å². The molecule has 1 N–H and O–H groups in total. The van der Waals surface area contributed by atoms with Gasteiger partial charge in [0.15, 0.2) is 0 Å². The average Bonchev–Trinajstić information content (AvgIpc) is 3.15. The van der Waals surface area contributed by atoms with E-state index < -0.39 is 0 Å². The lowest BCUT2D eigenvalue weighted by atomic mass is 10.0. The molecule has 2 aromatic carbocycles. The molecule has 6 heteroatoms. The van der Waals surface area contributed by atoms with Crippen LogP contribution in [-0.2, 0) is 13.1 Å². The van der Waals surface area contributed by atoms with Crippen LogP contribution in [0.4, 0.5) is 0 Å². The van der Waals surface area contributed by atoms with Crippen LogP contribution >= 0.6 is 0 Å². The highest BCUT2D eigenvalue weighted by Crippen LogP contribution is 2.24. The zero-order chi connectivity index (χ0) is 17.6. The summed E-state index contributed by atoms with van der Waals surface area (Å²) in [6.07, 6.45) is 1.48. The fourth-order valence-electron chi connectivity index (χ4n) is 2.56. The Labute approximate surface area is 146 Å². The molecule has 1 aromatic heterocycles. The van der Waals surface area contributed by atoms with Gasteiger partial charge in [-0.05, 0) is 35.7 Å². The van der Waals surface area contributed by atoms with Crippen molar-refractivity contribution in [3.05, 3.63) is 66.0 Å². The molecule has 0 radical (unpaired) electrons. The molecule has 3 aromatic rings. The van der Waals surface area contributed by atoms with E-state index in [0.29, 0.717) is 18.8 Å². The number of amides is 1. The van der Waals surface area contributed by atoms with Gasteiger partial charge in [0, 0.05) is 13.1 Å². The minimum atomic E-state index is -0.177. The molecule has 6 nitrogen and oxygen atoms in total. The number of nitrogens with one attached hydrogen (secondary N) is 1. The van der Waals surface area contributed by atoms with Crippen molar-refractivity contribution in [2.75, 3.05) is 7.11 Å². The topological polar surface area (TPSA) is 69.0 Å². The molecule has 0 spiro atoms. The van der Waals surface area contributed by atoms with Crippen LogP contribution in [0.1, 0.15) is 23.0 Å². The molecule has 1 amide bonds. The van der Waals surface area contributed by atoms with Gasteiger partial charge in [-0.1, -0.05) is 41.6 Å². The Balaban J connectivity index is 1.65. The summed E-state index contributed by atoms with van der Waals surface area (Å²) in [4.78, 5) is 12.2. The van der Waals surface area contributed by atoms with Crippen LogP contribution in [-0.4, -0.2) is 28.0 Å². The Hall–Kier alpha value is -3.15. The van der Waals surface area contributed by atoms with Crippen molar-refractivity contribution in [3.63, 3.8) is 0 Å². The number of hydrogen-bond donors (Lipinski definition) is 1. The summed E-state index contributed by atoms with van der Waals surface area (Å²) in [5, 5.41) is 10.5. The number of rotatable bonds is 6. The van der Waals surface area contributed by atoms with Crippen molar-refractivity contribution in [1.82, 2.24) is 20.3 Å². The van der Waals surface area contributed by atoms with E-state index in [1.807, 2.05) is 55.5 Å². The van der Waals surface area contributed by atoms with E-state index in [4.69, 9.17) is 4.74 Å². The Kier molecular flexibility index (Phi) is 5.09. The fraction of sp³-hybridized carbons (Fsp3) is 0.211. The first kappa shape index (κ1) is 16.7. The van der Waals surface area contributed by atoms with Gasteiger partial charge in [0.2, 0.25) is 0 Å². The van der Waals surface area contributed by atoms with Gasteiger partial charge in [0.25, 0.3) is 5.91 Å². The van der Waals surface area contributed by atoms with Crippen LogP contribution in [0.2, 0.25) is 0 Å². The summed E-state index contributed by atoms with van der Waals surface area (Å²) in [6, 6.07) is 16.0. The highest BCUT2D eigenvalue weighted by atomic mass is 16.5. The van der Waals surface area contributed by atoms with Gasteiger partial charge in [-0.3, -0.25) is 4.79 Å². The van der Waals surface area contributed by atoms with Gasteiger partial charge in [-0.25, -0.2) is 4.68 Å². The summed E-state index contributed by atoms with van der Waals surface area (Å²) < 4.78 is 6.83. The highest BCUT2D eigenvalue weighted by molar-refractivity contribution is 5.92. The number of aryl methyl sites for hydroxylation is 1. The van der Waals surface area contributed by atoms with Crippen LogP contribution in [0.25, 0.3) is 11.1 Å². The van der Waals surface area contributed by atoms with E-state index in [2.05, 4.69) is 15.6 Å². The zero-order valence-corrected chi connectivity index (χ0v) is 14.3. The molecule has 1 heterocycles.